The average molecular weight is 205 g/mol. The maximum absolute atomic E-state index is 4.32. The summed E-state index contributed by atoms with van der Waals surface area (Å²) in [5.74, 6) is 0. The molecule has 1 fully saturated rings. The molecule has 0 amide bonds. The molecule has 15 heavy (non-hydrogen) atoms. The topological polar surface area (TPSA) is 29.9 Å². The minimum absolute atomic E-state index is 0.759. The van der Waals surface area contributed by atoms with Crippen LogP contribution in [0.4, 0.5) is 0 Å². The van der Waals surface area contributed by atoms with Crippen molar-refractivity contribution in [2.75, 3.05) is 0 Å². The fraction of sp³-hybridized carbons (Fsp3) is 0.583. The van der Waals surface area contributed by atoms with Crippen molar-refractivity contribution in [1.29, 1.82) is 0 Å². The molecule has 0 saturated heterocycles. The predicted molar refractivity (Wildman–Crippen MR) is 61.5 cm³/mol. The van der Waals surface area contributed by atoms with Gasteiger partial charge in [0.2, 0.25) is 0 Å². The summed E-state index contributed by atoms with van der Waals surface area (Å²) in [4.78, 5) is 0. The summed E-state index contributed by atoms with van der Waals surface area (Å²) in [6, 6.07) is 2.85. The largest absolute Gasteiger partial charge is 0.308 e. The summed E-state index contributed by atoms with van der Waals surface area (Å²) in [5.41, 5.74) is 2.50. The zero-order chi connectivity index (χ0) is 10.7. The van der Waals surface area contributed by atoms with Crippen molar-refractivity contribution in [3.05, 3.63) is 30.1 Å². The number of nitrogens with one attached hydrogen (secondary N) is 1. The summed E-state index contributed by atoms with van der Waals surface area (Å²) in [6.07, 6.45) is 5.56. The van der Waals surface area contributed by atoms with Crippen LogP contribution in [-0.4, -0.2) is 15.8 Å². The second-order valence-electron chi connectivity index (χ2n) is 4.41. The number of allylic oxidation sites excluding steroid dienone is 1. The second-order valence-corrected chi connectivity index (χ2v) is 4.41. The fourth-order valence-electron chi connectivity index (χ4n) is 1.54. The third kappa shape index (κ3) is 3.20. The normalized spacial score (nSPS) is 15.5. The molecule has 1 aliphatic rings. The molecule has 1 N–H and O–H groups in total. The van der Waals surface area contributed by atoms with Crippen molar-refractivity contribution in [2.24, 2.45) is 0 Å². The van der Waals surface area contributed by atoms with Crippen molar-refractivity contribution in [3.63, 3.8) is 0 Å². The molecule has 0 aromatic carbocycles. The Kier molecular flexibility index (Phi) is 3.21. The molecule has 0 spiro atoms. The van der Waals surface area contributed by atoms with Gasteiger partial charge < -0.3 is 5.32 Å². The standard InChI is InChI=1S/C12H19N3/c1-10(2)6-8-15-12(5-7-14-15)9-13-11-3-4-11/h5,7,11,13H,1,3-4,6,8-9H2,2H3. The van der Waals surface area contributed by atoms with E-state index < -0.39 is 0 Å². The second kappa shape index (κ2) is 4.62. The fourth-order valence-corrected chi connectivity index (χ4v) is 1.54. The van der Waals surface area contributed by atoms with Crippen LogP contribution < -0.4 is 5.32 Å². The lowest BCUT2D eigenvalue weighted by molar-refractivity contribution is 0.555. The summed E-state index contributed by atoms with van der Waals surface area (Å²) in [7, 11) is 0. The van der Waals surface area contributed by atoms with Gasteiger partial charge in [-0.3, -0.25) is 4.68 Å². The van der Waals surface area contributed by atoms with Gasteiger partial charge in [-0.05, 0) is 32.3 Å². The first-order valence-corrected chi connectivity index (χ1v) is 5.64. The van der Waals surface area contributed by atoms with Crippen LogP contribution in [0.1, 0.15) is 31.9 Å². The molecule has 3 nitrogen and oxygen atoms in total. The van der Waals surface area contributed by atoms with E-state index in [4.69, 9.17) is 0 Å². The highest BCUT2D eigenvalue weighted by atomic mass is 15.3. The van der Waals surface area contributed by atoms with Gasteiger partial charge in [-0.15, -0.1) is 6.58 Å². The Hall–Kier alpha value is -1.09. The van der Waals surface area contributed by atoms with Crippen LogP contribution in [0.2, 0.25) is 0 Å². The summed E-state index contributed by atoms with van der Waals surface area (Å²) >= 11 is 0. The lowest BCUT2D eigenvalue weighted by Gasteiger charge is -2.07. The molecular formula is C12H19N3. The SMILES string of the molecule is C=C(C)CCn1nccc1CNC1CC1. The number of hydrogen-bond donors (Lipinski definition) is 1. The Morgan fingerprint density at radius 3 is 3.13 bits per heavy atom. The monoisotopic (exact) mass is 205 g/mol. The smallest absolute Gasteiger partial charge is 0.0522 e. The molecule has 0 unspecified atom stereocenters. The van der Waals surface area contributed by atoms with Crippen molar-refractivity contribution >= 4 is 0 Å². The third-order valence-electron chi connectivity index (χ3n) is 2.70. The molecule has 1 aromatic rings. The molecule has 1 aliphatic carbocycles. The minimum atomic E-state index is 0.759. The molecule has 82 valence electrons. The Balaban J connectivity index is 1.85. The Bertz CT molecular complexity index is 336. The summed E-state index contributed by atoms with van der Waals surface area (Å²) < 4.78 is 2.07. The number of aromatic nitrogens is 2. The zero-order valence-electron chi connectivity index (χ0n) is 9.37. The van der Waals surface area contributed by atoms with E-state index in [9.17, 15) is 0 Å². The van der Waals surface area contributed by atoms with E-state index in [0.717, 1.165) is 25.6 Å². The molecule has 1 saturated carbocycles. The number of hydrogen-bond acceptors (Lipinski definition) is 2. The summed E-state index contributed by atoms with van der Waals surface area (Å²) in [5, 5.41) is 7.83. The van der Waals surface area contributed by atoms with Crippen LogP contribution >= 0.6 is 0 Å². The van der Waals surface area contributed by atoms with Crippen molar-refractivity contribution < 1.29 is 0 Å². The lowest BCUT2D eigenvalue weighted by Crippen LogP contribution is -2.18. The molecule has 0 radical (unpaired) electrons. The van der Waals surface area contributed by atoms with E-state index in [1.165, 1.54) is 24.1 Å². The minimum Gasteiger partial charge on any atom is -0.308 e. The van der Waals surface area contributed by atoms with E-state index in [0.29, 0.717) is 0 Å². The molecule has 1 heterocycles. The molecule has 1 aromatic heterocycles. The lowest BCUT2D eigenvalue weighted by atomic mass is 10.2. The number of nitrogens with zero attached hydrogens (tertiary/aromatic N) is 2. The Morgan fingerprint density at radius 2 is 2.47 bits per heavy atom. The van der Waals surface area contributed by atoms with Crippen LogP contribution in [0.3, 0.4) is 0 Å². The van der Waals surface area contributed by atoms with Crippen LogP contribution in [0.15, 0.2) is 24.4 Å². The molecular weight excluding hydrogens is 186 g/mol. The van der Waals surface area contributed by atoms with Crippen molar-refractivity contribution in [2.45, 2.75) is 45.3 Å². The number of aryl methyl sites for hydroxylation is 1. The van der Waals surface area contributed by atoms with Gasteiger partial charge in [0.25, 0.3) is 0 Å². The first kappa shape index (κ1) is 10.4. The van der Waals surface area contributed by atoms with Crippen LogP contribution in [-0.2, 0) is 13.1 Å². The van der Waals surface area contributed by atoms with Gasteiger partial charge in [-0.1, -0.05) is 5.57 Å². The maximum Gasteiger partial charge on any atom is 0.0522 e. The highest BCUT2D eigenvalue weighted by Crippen LogP contribution is 2.19. The van der Waals surface area contributed by atoms with Gasteiger partial charge in [0.05, 0.1) is 5.69 Å². The van der Waals surface area contributed by atoms with Gasteiger partial charge in [0.1, 0.15) is 0 Å². The first-order valence-electron chi connectivity index (χ1n) is 5.64. The zero-order valence-corrected chi connectivity index (χ0v) is 9.37. The van der Waals surface area contributed by atoms with E-state index in [1.807, 2.05) is 6.20 Å². The van der Waals surface area contributed by atoms with Gasteiger partial charge in [-0.25, -0.2) is 0 Å². The molecule has 0 aliphatic heterocycles. The van der Waals surface area contributed by atoms with Crippen molar-refractivity contribution in [1.82, 2.24) is 15.1 Å². The van der Waals surface area contributed by atoms with Gasteiger partial charge in [-0.2, -0.15) is 5.10 Å². The predicted octanol–water partition coefficient (Wildman–Crippen LogP) is 2.10. The van der Waals surface area contributed by atoms with Crippen LogP contribution in [0, 0.1) is 0 Å². The van der Waals surface area contributed by atoms with Crippen LogP contribution in [0.5, 0.6) is 0 Å². The Labute approximate surface area is 91.2 Å². The highest BCUT2D eigenvalue weighted by molar-refractivity contribution is 5.02. The van der Waals surface area contributed by atoms with Gasteiger partial charge in [0, 0.05) is 25.3 Å². The first-order chi connectivity index (χ1) is 7.25. The van der Waals surface area contributed by atoms with E-state index in [-0.39, 0.29) is 0 Å². The maximum atomic E-state index is 4.32. The quantitative estimate of drug-likeness (QED) is 0.721. The highest BCUT2D eigenvalue weighted by Gasteiger charge is 2.20. The van der Waals surface area contributed by atoms with Gasteiger partial charge in [0.15, 0.2) is 0 Å². The molecule has 0 bridgehead atoms. The van der Waals surface area contributed by atoms with E-state index in [2.05, 4.69) is 34.7 Å². The van der Waals surface area contributed by atoms with Crippen molar-refractivity contribution in [3.8, 4) is 0 Å². The Morgan fingerprint density at radius 1 is 1.67 bits per heavy atom. The number of rotatable bonds is 6. The molecule has 2 rings (SSSR count). The van der Waals surface area contributed by atoms with E-state index >= 15 is 0 Å². The molecule has 3 heteroatoms. The van der Waals surface area contributed by atoms with Gasteiger partial charge >= 0.3 is 0 Å². The molecule has 0 atom stereocenters. The van der Waals surface area contributed by atoms with E-state index in [1.54, 1.807) is 0 Å². The summed E-state index contributed by atoms with van der Waals surface area (Å²) in [6.45, 7) is 7.87. The van der Waals surface area contributed by atoms with Crippen LogP contribution in [0.25, 0.3) is 0 Å². The third-order valence-corrected chi connectivity index (χ3v) is 2.70. The average Bonchev–Trinajstić information content (AvgIpc) is 2.92.